The van der Waals surface area contributed by atoms with Gasteiger partial charge in [-0.25, -0.2) is 0 Å². The number of carbonyl (C=O) groups excluding carboxylic acids is 1. The van der Waals surface area contributed by atoms with Crippen LogP contribution in [-0.2, 0) is 13.6 Å². The van der Waals surface area contributed by atoms with E-state index in [0.717, 1.165) is 47.9 Å². The highest BCUT2D eigenvalue weighted by atomic mass is 16.3. The third-order valence-electron chi connectivity index (χ3n) is 6.24. The van der Waals surface area contributed by atoms with E-state index in [1.165, 1.54) is 0 Å². The van der Waals surface area contributed by atoms with Gasteiger partial charge in [0, 0.05) is 37.7 Å². The molecule has 164 valence electrons. The minimum absolute atomic E-state index is 0.178. The quantitative estimate of drug-likeness (QED) is 0.508. The summed E-state index contributed by atoms with van der Waals surface area (Å²) in [5.74, 6) is -0.178. The molecule has 7 nitrogen and oxygen atoms in total. The standard InChI is InChI=1S/C25H27N5O2/c1-29-15-19(13-27-29)18-7-4-6-17(12-18)14-30-16-20(24-22(30)9-5-11-26-24)25(32)28-21-8-2-3-10-23(21)31/h4-7,9,11-13,15-16,21,23,31H,2-3,8,10,14H2,1H3,(H,28,32)/t21-,23-/m0/s1. The first kappa shape index (κ1) is 20.5. The van der Waals surface area contributed by atoms with Crippen molar-refractivity contribution in [2.24, 2.45) is 7.05 Å². The summed E-state index contributed by atoms with van der Waals surface area (Å²) < 4.78 is 3.86. The number of carbonyl (C=O) groups is 1. The Bertz CT molecular complexity index is 1260. The third-order valence-corrected chi connectivity index (χ3v) is 6.24. The molecule has 0 spiro atoms. The summed E-state index contributed by atoms with van der Waals surface area (Å²) in [6.07, 6.45) is 10.5. The number of nitrogens with zero attached hydrogens (tertiary/aromatic N) is 4. The van der Waals surface area contributed by atoms with Gasteiger partial charge in [-0.15, -0.1) is 0 Å². The Balaban J connectivity index is 1.43. The molecule has 2 N–H and O–H groups in total. The van der Waals surface area contributed by atoms with Crippen LogP contribution in [0.3, 0.4) is 0 Å². The normalized spacial score (nSPS) is 18.7. The van der Waals surface area contributed by atoms with E-state index < -0.39 is 6.10 Å². The number of benzene rings is 1. The predicted octanol–water partition coefficient (Wildman–Crippen LogP) is 3.52. The van der Waals surface area contributed by atoms with Gasteiger partial charge in [-0.2, -0.15) is 5.10 Å². The number of aromatic nitrogens is 4. The number of aryl methyl sites for hydroxylation is 1. The van der Waals surface area contributed by atoms with Crippen molar-refractivity contribution in [3.8, 4) is 11.1 Å². The van der Waals surface area contributed by atoms with E-state index in [1.54, 1.807) is 10.9 Å². The second-order valence-corrected chi connectivity index (χ2v) is 8.58. The fourth-order valence-electron chi connectivity index (χ4n) is 4.56. The summed E-state index contributed by atoms with van der Waals surface area (Å²) >= 11 is 0. The van der Waals surface area contributed by atoms with Crippen LogP contribution >= 0.6 is 0 Å². The highest BCUT2D eigenvalue weighted by Crippen LogP contribution is 2.24. The Morgan fingerprint density at radius 3 is 2.84 bits per heavy atom. The average Bonchev–Trinajstić information content (AvgIpc) is 3.40. The molecule has 1 aliphatic carbocycles. The topological polar surface area (TPSA) is 85.0 Å². The number of amides is 1. The van der Waals surface area contributed by atoms with Crippen molar-refractivity contribution in [3.63, 3.8) is 0 Å². The minimum atomic E-state index is -0.482. The number of nitrogens with one attached hydrogen (secondary N) is 1. The van der Waals surface area contributed by atoms with Gasteiger partial charge in [-0.05, 0) is 42.2 Å². The molecule has 1 aromatic carbocycles. The molecule has 1 saturated carbocycles. The molecule has 32 heavy (non-hydrogen) atoms. The zero-order valence-electron chi connectivity index (χ0n) is 18.1. The first-order chi connectivity index (χ1) is 15.6. The number of aliphatic hydroxyl groups is 1. The highest BCUT2D eigenvalue weighted by Gasteiger charge is 2.26. The Hall–Kier alpha value is -3.45. The SMILES string of the molecule is Cn1cc(-c2cccc(Cn3cc(C(=O)N[C@H]4CCCC[C@@H]4O)c4ncccc43)c2)cn1. The van der Waals surface area contributed by atoms with Crippen molar-refractivity contribution in [1.29, 1.82) is 0 Å². The lowest BCUT2D eigenvalue weighted by molar-refractivity contribution is 0.0718. The molecule has 1 aliphatic rings. The van der Waals surface area contributed by atoms with E-state index in [-0.39, 0.29) is 11.9 Å². The molecule has 7 heteroatoms. The zero-order chi connectivity index (χ0) is 22.1. The zero-order valence-corrected chi connectivity index (χ0v) is 18.1. The van der Waals surface area contributed by atoms with E-state index >= 15 is 0 Å². The van der Waals surface area contributed by atoms with E-state index in [0.29, 0.717) is 17.6 Å². The van der Waals surface area contributed by atoms with E-state index in [2.05, 4.69) is 38.2 Å². The smallest absolute Gasteiger partial charge is 0.255 e. The van der Waals surface area contributed by atoms with E-state index in [4.69, 9.17) is 0 Å². The van der Waals surface area contributed by atoms with Gasteiger partial charge in [0.05, 0.1) is 29.4 Å². The number of pyridine rings is 1. The molecule has 4 aromatic rings. The fraction of sp³-hybridized carbons (Fsp3) is 0.320. The van der Waals surface area contributed by atoms with Gasteiger partial charge < -0.3 is 15.0 Å². The van der Waals surface area contributed by atoms with Crippen LogP contribution in [0.5, 0.6) is 0 Å². The van der Waals surface area contributed by atoms with Crippen molar-refractivity contribution in [2.75, 3.05) is 0 Å². The predicted molar refractivity (Wildman–Crippen MR) is 123 cm³/mol. The molecular formula is C25H27N5O2. The Morgan fingerprint density at radius 2 is 2.03 bits per heavy atom. The van der Waals surface area contributed by atoms with Crippen LogP contribution in [0.25, 0.3) is 22.2 Å². The number of aliphatic hydroxyl groups excluding tert-OH is 1. The van der Waals surface area contributed by atoms with Gasteiger partial charge in [0.1, 0.15) is 5.52 Å². The summed E-state index contributed by atoms with van der Waals surface area (Å²) in [5, 5.41) is 17.6. The van der Waals surface area contributed by atoms with E-state index in [1.807, 2.05) is 43.8 Å². The molecular weight excluding hydrogens is 402 g/mol. The van der Waals surface area contributed by atoms with E-state index in [9.17, 15) is 9.90 Å². The molecule has 1 fully saturated rings. The van der Waals surface area contributed by atoms with Gasteiger partial charge >= 0.3 is 0 Å². The van der Waals surface area contributed by atoms with Crippen molar-refractivity contribution >= 4 is 16.9 Å². The molecule has 3 heterocycles. The second-order valence-electron chi connectivity index (χ2n) is 8.58. The average molecular weight is 430 g/mol. The highest BCUT2D eigenvalue weighted by molar-refractivity contribution is 6.05. The number of fused-ring (bicyclic) bond motifs is 1. The van der Waals surface area contributed by atoms with Crippen molar-refractivity contribution in [1.82, 2.24) is 24.6 Å². The van der Waals surface area contributed by atoms with Crippen molar-refractivity contribution in [3.05, 3.63) is 72.3 Å². The molecule has 0 radical (unpaired) electrons. The second kappa shape index (κ2) is 8.59. The summed E-state index contributed by atoms with van der Waals surface area (Å²) in [6, 6.07) is 12.0. The van der Waals surface area contributed by atoms with Gasteiger partial charge in [-0.3, -0.25) is 14.5 Å². The lowest BCUT2D eigenvalue weighted by Crippen LogP contribution is -2.45. The molecule has 0 bridgehead atoms. The molecule has 5 rings (SSSR count). The summed E-state index contributed by atoms with van der Waals surface area (Å²) in [7, 11) is 1.91. The third kappa shape index (κ3) is 4.03. The molecule has 2 atom stereocenters. The van der Waals surface area contributed by atoms with Crippen LogP contribution in [0, 0.1) is 0 Å². The largest absolute Gasteiger partial charge is 0.391 e. The first-order valence-corrected chi connectivity index (χ1v) is 11.1. The van der Waals surface area contributed by atoms with Crippen LogP contribution < -0.4 is 5.32 Å². The summed E-state index contributed by atoms with van der Waals surface area (Å²) in [4.78, 5) is 17.6. The van der Waals surface area contributed by atoms with Crippen molar-refractivity contribution < 1.29 is 9.90 Å². The fourth-order valence-corrected chi connectivity index (χ4v) is 4.56. The van der Waals surface area contributed by atoms with Gasteiger partial charge in [-0.1, -0.05) is 31.0 Å². The van der Waals surface area contributed by atoms with Crippen LogP contribution in [0.1, 0.15) is 41.6 Å². The van der Waals surface area contributed by atoms with Crippen molar-refractivity contribution in [2.45, 2.75) is 44.4 Å². The first-order valence-electron chi connectivity index (χ1n) is 11.1. The van der Waals surface area contributed by atoms with Crippen LogP contribution in [-0.4, -0.2) is 42.5 Å². The summed E-state index contributed by atoms with van der Waals surface area (Å²) in [6.45, 7) is 0.621. The maximum Gasteiger partial charge on any atom is 0.255 e. The summed E-state index contributed by atoms with van der Waals surface area (Å²) in [5.41, 5.74) is 5.44. The number of hydrogen-bond donors (Lipinski definition) is 2. The van der Waals surface area contributed by atoms with Crippen LogP contribution in [0.15, 0.2) is 61.2 Å². The maximum absolute atomic E-state index is 13.1. The van der Waals surface area contributed by atoms with Crippen LogP contribution in [0.2, 0.25) is 0 Å². The molecule has 0 aliphatic heterocycles. The Morgan fingerprint density at radius 1 is 1.16 bits per heavy atom. The molecule has 0 unspecified atom stereocenters. The Kier molecular flexibility index (Phi) is 5.49. The van der Waals surface area contributed by atoms with Gasteiger partial charge in [0.25, 0.3) is 5.91 Å². The number of hydrogen-bond acceptors (Lipinski definition) is 4. The Labute approximate surface area is 186 Å². The minimum Gasteiger partial charge on any atom is -0.391 e. The molecule has 1 amide bonds. The van der Waals surface area contributed by atoms with Gasteiger partial charge in [0.2, 0.25) is 0 Å². The lowest BCUT2D eigenvalue weighted by Gasteiger charge is -2.28. The molecule has 3 aromatic heterocycles. The number of rotatable bonds is 5. The maximum atomic E-state index is 13.1. The van der Waals surface area contributed by atoms with Crippen LogP contribution in [0.4, 0.5) is 0 Å². The lowest BCUT2D eigenvalue weighted by atomic mass is 9.92. The monoisotopic (exact) mass is 429 g/mol. The molecule has 0 saturated heterocycles. The van der Waals surface area contributed by atoms with Gasteiger partial charge in [0.15, 0.2) is 0 Å².